The number of hydrogen-bond donors (Lipinski definition) is 1. The third kappa shape index (κ3) is 3.30. The molecule has 2 rings (SSSR count). The number of nitrogens with zero attached hydrogens (tertiary/aromatic N) is 2. The second-order valence-electron chi connectivity index (χ2n) is 4.22. The molecule has 0 aliphatic carbocycles. The quantitative estimate of drug-likeness (QED) is 0.806. The van der Waals surface area contributed by atoms with Gasteiger partial charge in [-0.1, -0.05) is 6.92 Å². The molecule has 2 heterocycles. The van der Waals surface area contributed by atoms with Gasteiger partial charge in [-0.25, -0.2) is 0 Å². The maximum absolute atomic E-state index is 5.71. The van der Waals surface area contributed by atoms with Gasteiger partial charge in [-0.05, 0) is 63.9 Å². The Hall–Kier alpha value is -0.590. The summed E-state index contributed by atoms with van der Waals surface area (Å²) in [5, 5.41) is 7.88. The fourth-order valence-corrected chi connectivity index (χ4v) is 2.86. The number of hydrogen-bond acceptors (Lipinski definition) is 3. The van der Waals surface area contributed by atoms with Crippen molar-refractivity contribution in [3.8, 4) is 0 Å². The monoisotopic (exact) mass is 389 g/mol. The van der Waals surface area contributed by atoms with E-state index >= 15 is 0 Å². The summed E-state index contributed by atoms with van der Waals surface area (Å²) in [7, 11) is 0. The van der Waals surface area contributed by atoms with Crippen LogP contribution in [0.3, 0.4) is 0 Å². The van der Waals surface area contributed by atoms with Crippen molar-refractivity contribution < 1.29 is 4.42 Å². The number of nitrogens with one attached hydrogen (secondary N) is 1. The van der Waals surface area contributed by atoms with Crippen LogP contribution >= 0.6 is 31.9 Å². The standard InChI is InChI=1S/C13H17Br2N3O/c1-3-7-16-12(10-5-6-11(15)19-10)13-9(14)8-17-18(13)4-2/h5-6,8,12,16H,3-4,7H2,1-2H3. The van der Waals surface area contributed by atoms with Crippen LogP contribution in [0.25, 0.3) is 0 Å². The van der Waals surface area contributed by atoms with Crippen LogP contribution in [0.4, 0.5) is 0 Å². The van der Waals surface area contributed by atoms with E-state index < -0.39 is 0 Å². The summed E-state index contributed by atoms with van der Waals surface area (Å²) in [5.74, 6) is 0.885. The van der Waals surface area contributed by atoms with Gasteiger partial charge in [0.2, 0.25) is 0 Å². The highest BCUT2D eigenvalue weighted by atomic mass is 79.9. The number of halogens is 2. The van der Waals surface area contributed by atoms with Crippen molar-refractivity contribution in [2.24, 2.45) is 0 Å². The van der Waals surface area contributed by atoms with Crippen LogP contribution < -0.4 is 5.32 Å². The van der Waals surface area contributed by atoms with Crippen LogP contribution in [0.15, 0.2) is 31.9 Å². The molecule has 0 aromatic carbocycles. The van der Waals surface area contributed by atoms with E-state index in [4.69, 9.17) is 4.42 Å². The van der Waals surface area contributed by atoms with Gasteiger partial charge in [0.05, 0.1) is 16.4 Å². The van der Waals surface area contributed by atoms with Crippen molar-refractivity contribution in [2.75, 3.05) is 6.54 Å². The van der Waals surface area contributed by atoms with E-state index in [1.165, 1.54) is 0 Å². The Kier molecular flexibility index (Phi) is 5.24. The van der Waals surface area contributed by atoms with E-state index in [9.17, 15) is 0 Å². The molecule has 1 N–H and O–H groups in total. The molecule has 6 heteroatoms. The van der Waals surface area contributed by atoms with Crippen LogP contribution in [0.2, 0.25) is 0 Å². The lowest BCUT2D eigenvalue weighted by Crippen LogP contribution is -2.25. The Morgan fingerprint density at radius 3 is 2.74 bits per heavy atom. The first-order valence-corrected chi connectivity index (χ1v) is 7.95. The van der Waals surface area contributed by atoms with Crippen molar-refractivity contribution in [2.45, 2.75) is 32.9 Å². The Bertz CT molecular complexity index is 536. The minimum atomic E-state index is 0.00285. The first kappa shape index (κ1) is 14.8. The molecule has 0 aliphatic rings. The Morgan fingerprint density at radius 2 is 2.16 bits per heavy atom. The summed E-state index contributed by atoms with van der Waals surface area (Å²) in [6.07, 6.45) is 2.90. The topological polar surface area (TPSA) is 43.0 Å². The van der Waals surface area contributed by atoms with Gasteiger partial charge in [0.15, 0.2) is 4.67 Å². The highest BCUT2D eigenvalue weighted by Crippen LogP contribution is 2.30. The van der Waals surface area contributed by atoms with E-state index in [0.29, 0.717) is 0 Å². The Morgan fingerprint density at radius 1 is 1.37 bits per heavy atom. The smallest absolute Gasteiger partial charge is 0.169 e. The van der Waals surface area contributed by atoms with Gasteiger partial charge in [0.1, 0.15) is 11.8 Å². The van der Waals surface area contributed by atoms with Crippen molar-refractivity contribution >= 4 is 31.9 Å². The average Bonchev–Trinajstić information content (AvgIpc) is 2.98. The Labute approximate surface area is 129 Å². The van der Waals surface area contributed by atoms with Gasteiger partial charge in [-0.3, -0.25) is 4.68 Å². The molecule has 1 unspecified atom stereocenters. The number of furan rings is 1. The van der Waals surface area contributed by atoms with Crippen LogP contribution in [-0.4, -0.2) is 16.3 Å². The maximum atomic E-state index is 5.71. The number of aromatic nitrogens is 2. The molecule has 0 aliphatic heterocycles. The molecule has 4 nitrogen and oxygen atoms in total. The average molecular weight is 391 g/mol. The summed E-state index contributed by atoms with van der Waals surface area (Å²) in [6.45, 7) is 5.98. The largest absolute Gasteiger partial charge is 0.452 e. The predicted octanol–water partition coefficient (Wildman–Crippen LogP) is 4.11. The maximum Gasteiger partial charge on any atom is 0.169 e. The molecule has 0 fully saturated rings. The van der Waals surface area contributed by atoms with Crippen molar-refractivity contribution in [3.05, 3.63) is 38.9 Å². The van der Waals surface area contributed by atoms with E-state index in [0.717, 1.165) is 40.1 Å². The third-order valence-corrected chi connectivity index (χ3v) is 3.92. The van der Waals surface area contributed by atoms with Crippen molar-refractivity contribution in [3.63, 3.8) is 0 Å². The van der Waals surface area contributed by atoms with Crippen LogP contribution in [-0.2, 0) is 6.54 Å². The van der Waals surface area contributed by atoms with Crippen LogP contribution in [0.5, 0.6) is 0 Å². The van der Waals surface area contributed by atoms with Crippen molar-refractivity contribution in [1.82, 2.24) is 15.1 Å². The minimum absolute atomic E-state index is 0.00285. The van der Waals surface area contributed by atoms with E-state index in [1.54, 1.807) is 0 Å². The molecule has 0 saturated carbocycles. The zero-order valence-electron chi connectivity index (χ0n) is 11.0. The fourth-order valence-electron chi connectivity index (χ4n) is 2.02. The minimum Gasteiger partial charge on any atom is -0.452 e. The van der Waals surface area contributed by atoms with Gasteiger partial charge >= 0.3 is 0 Å². The molecule has 2 aromatic rings. The van der Waals surface area contributed by atoms with Crippen LogP contribution in [0.1, 0.15) is 37.8 Å². The second kappa shape index (κ2) is 6.72. The first-order chi connectivity index (χ1) is 9.17. The Balaban J connectivity index is 2.39. The lowest BCUT2D eigenvalue weighted by Gasteiger charge is -2.18. The molecule has 104 valence electrons. The summed E-state index contributed by atoms with van der Waals surface area (Å²) in [5.41, 5.74) is 1.10. The van der Waals surface area contributed by atoms with E-state index in [2.05, 4.69) is 56.1 Å². The summed E-state index contributed by atoms with van der Waals surface area (Å²) >= 11 is 6.94. The molecular weight excluding hydrogens is 374 g/mol. The van der Waals surface area contributed by atoms with Gasteiger partial charge in [0, 0.05) is 6.54 Å². The van der Waals surface area contributed by atoms with Gasteiger partial charge < -0.3 is 9.73 Å². The van der Waals surface area contributed by atoms with E-state index in [1.807, 2.05) is 23.0 Å². The molecule has 1 atom stereocenters. The molecule has 0 radical (unpaired) electrons. The molecule has 2 aromatic heterocycles. The lowest BCUT2D eigenvalue weighted by molar-refractivity contribution is 0.415. The zero-order valence-corrected chi connectivity index (χ0v) is 14.2. The predicted molar refractivity (Wildman–Crippen MR) is 82.1 cm³/mol. The zero-order chi connectivity index (χ0) is 13.8. The van der Waals surface area contributed by atoms with Crippen LogP contribution in [0, 0.1) is 0 Å². The normalized spacial score (nSPS) is 12.8. The molecular formula is C13H17Br2N3O. The second-order valence-corrected chi connectivity index (χ2v) is 5.86. The van der Waals surface area contributed by atoms with Crippen molar-refractivity contribution in [1.29, 1.82) is 0 Å². The highest BCUT2D eigenvalue weighted by Gasteiger charge is 2.23. The number of rotatable bonds is 6. The molecule has 0 bridgehead atoms. The molecule has 0 amide bonds. The van der Waals surface area contributed by atoms with E-state index in [-0.39, 0.29) is 6.04 Å². The summed E-state index contributed by atoms with van der Waals surface area (Å²) in [4.78, 5) is 0. The molecule has 0 spiro atoms. The van der Waals surface area contributed by atoms with Gasteiger partial charge in [-0.2, -0.15) is 5.10 Å². The van der Waals surface area contributed by atoms with Gasteiger partial charge in [0.25, 0.3) is 0 Å². The molecule has 19 heavy (non-hydrogen) atoms. The summed E-state index contributed by atoms with van der Waals surface area (Å²) < 4.78 is 9.43. The fraction of sp³-hybridized carbons (Fsp3) is 0.462. The highest BCUT2D eigenvalue weighted by molar-refractivity contribution is 9.10. The number of aryl methyl sites for hydroxylation is 1. The summed E-state index contributed by atoms with van der Waals surface area (Å²) in [6, 6.07) is 3.90. The SMILES string of the molecule is CCCNC(c1ccc(Br)o1)c1c(Br)cnn1CC. The molecule has 0 saturated heterocycles. The lowest BCUT2D eigenvalue weighted by atomic mass is 10.1. The van der Waals surface area contributed by atoms with Gasteiger partial charge in [-0.15, -0.1) is 0 Å². The third-order valence-electron chi connectivity index (χ3n) is 2.88. The first-order valence-electron chi connectivity index (χ1n) is 6.37.